The zero-order valence-corrected chi connectivity index (χ0v) is 18.8. The lowest BCUT2D eigenvalue weighted by atomic mass is 10.00. The first kappa shape index (κ1) is 21.7. The molecule has 1 aromatic heterocycles. The van der Waals surface area contributed by atoms with Gasteiger partial charge >= 0.3 is 0 Å². The first-order valence-electron chi connectivity index (χ1n) is 10.0. The number of benzene rings is 3. The molecule has 0 saturated carbocycles. The van der Waals surface area contributed by atoms with Crippen LogP contribution in [0.4, 0.5) is 0 Å². The van der Waals surface area contributed by atoms with Crippen LogP contribution in [0.2, 0.25) is 0 Å². The summed E-state index contributed by atoms with van der Waals surface area (Å²) < 4.78 is 16.3. The molecule has 0 aliphatic heterocycles. The SMILES string of the molecule is COc1ccc(-c2nnc(SCC(=O)NC(C)c3cccc4ccccc34)o2)c(OC)c1. The monoisotopic (exact) mass is 449 g/mol. The fraction of sp³-hybridized carbons (Fsp3) is 0.208. The van der Waals surface area contributed by atoms with Gasteiger partial charge in [0.05, 0.1) is 31.6 Å². The van der Waals surface area contributed by atoms with Crippen molar-refractivity contribution in [3.05, 3.63) is 66.2 Å². The smallest absolute Gasteiger partial charge is 0.277 e. The van der Waals surface area contributed by atoms with Gasteiger partial charge in [-0.2, -0.15) is 0 Å². The van der Waals surface area contributed by atoms with Gasteiger partial charge in [0.15, 0.2) is 0 Å². The van der Waals surface area contributed by atoms with Gasteiger partial charge < -0.3 is 19.2 Å². The molecular weight excluding hydrogens is 426 g/mol. The highest BCUT2D eigenvalue weighted by Crippen LogP contribution is 2.33. The normalized spacial score (nSPS) is 11.8. The number of hydrogen-bond acceptors (Lipinski definition) is 7. The summed E-state index contributed by atoms with van der Waals surface area (Å²) in [4.78, 5) is 12.5. The summed E-state index contributed by atoms with van der Waals surface area (Å²) >= 11 is 1.19. The molecule has 4 rings (SSSR count). The number of carbonyl (C=O) groups excluding carboxylic acids is 1. The van der Waals surface area contributed by atoms with Crippen molar-refractivity contribution < 1.29 is 18.7 Å². The molecule has 0 fully saturated rings. The van der Waals surface area contributed by atoms with E-state index in [0.717, 1.165) is 16.3 Å². The number of thioether (sulfide) groups is 1. The summed E-state index contributed by atoms with van der Waals surface area (Å²) in [6.07, 6.45) is 0. The van der Waals surface area contributed by atoms with E-state index < -0.39 is 0 Å². The minimum absolute atomic E-state index is 0.114. The molecule has 164 valence electrons. The highest BCUT2D eigenvalue weighted by molar-refractivity contribution is 7.99. The van der Waals surface area contributed by atoms with Crippen molar-refractivity contribution in [2.24, 2.45) is 0 Å². The van der Waals surface area contributed by atoms with E-state index in [2.05, 4.69) is 33.7 Å². The second-order valence-corrected chi connectivity index (χ2v) is 8.01. The van der Waals surface area contributed by atoms with Crippen molar-refractivity contribution >= 4 is 28.4 Å². The number of hydrogen-bond donors (Lipinski definition) is 1. The summed E-state index contributed by atoms with van der Waals surface area (Å²) in [7, 11) is 3.15. The number of fused-ring (bicyclic) bond motifs is 1. The van der Waals surface area contributed by atoms with Crippen LogP contribution in [-0.2, 0) is 4.79 Å². The van der Waals surface area contributed by atoms with Crippen molar-refractivity contribution in [2.75, 3.05) is 20.0 Å². The van der Waals surface area contributed by atoms with Crippen LogP contribution in [0.1, 0.15) is 18.5 Å². The van der Waals surface area contributed by atoms with E-state index in [1.165, 1.54) is 11.8 Å². The minimum atomic E-state index is -0.129. The molecule has 1 N–H and O–H groups in total. The number of ether oxygens (including phenoxy) is 2. The lowest BCUT2D eigenvalue weighted by Crippen LogP contribution is -2.28. The van der Waals surface area contributed by atoms with Crippen LogP contribution in [0.5, 0.6) is 11.5 Å². The number of nitrogens with one attached hydrogen (secondary N) is 1. The van der Waals surface area contributed by atoms with E-state index >= 15 is 0 Å². The zero-order valence-electron chi connectivity index (χ0n) is 18.0. The van der Waals surface area contributed by atoms with Crippen LogP contribution < -0.4 is 14.8 Å². The van der Waals surface area contributed by atoms with Gasteiger partial charge in [-0.25, -0.2) is 0 Å². The number of rotatable bonds is 8. The summed E-state index contributed by atoms with van der Waals surface area (Å²) in [6, 6.07) is 19.4. The van der Waals surface area contributed by atoms with E-state index in [1.807, 2.05) is 31.2 Å². The van der Waals surface area contributed by atoms with Crippen LogP contribution >= 0.6 is 11.8 Å². The molecule has 1 unspecified atom stereocenters. The Morgan fingerprint density at radius 1 is 1.06 bits per heavy atom. The summed E-state index contributed by atoms with van der Waals surface area (Å²) in [5, 5.41) is 13.8. The van der Waals surface area contributed by atoms with Gasteiger partial charge in [-0.15, -0.1) is 10.2 Å². The van der Waals surface area contributed by atoms with Crippen LogP contribution in [-0.4, -0.2) is 36.1 Å². The number of methoxy groups -OCH3 is 2. The Kier molecular flexibility index (Phi) is 6.61. The van der Waals surface area contributed by atoms with Crippen molar-refractivity contribution in [3.8, 4) is 23.0 Å². The van der Waals surface area contributed by atoms with Crippen LogP contribution in [0.25, 0.3) is 22.2 Å². The minimum Gasteiger partial charge on any atom is -0.497 e. The molecule has 0 spiro atoms. The lowest BCUT2D eigenvalue weighted by molar-refractivity contribution is -0.119. The Balaban J connectivity index is 1.39. The molecule has 8 heteroatoms. The standard InChI is InChI=1S/C24H23N3O4S/c1-15(18-10-6-8-16-7-4-5-9-19(16)18)25-22(28)14-32-24-27-26-23(31-24)20-12-11-17(29-2)13-21(20)30-3/h4-13,15H,14H2,1-3H3,(H,25,28). The maximum Gasteiger partial charge on any atom is 0.277 e. The van der Waals surface area contributed by atoms with Crippen molar-refractivity contribution in [1.29, 1.82) is 0 Å². The van der Waals surface area contributed by atoms with Gasteiger partial charge in [0.2, 0.25) is 5.91 Å². The molecular formula is C24H23N3O4S. The second-order valence-electron chi connectivity index (χ2n) is 7.09. The third kappa shape index (κ3) is 4.70. The predicted molar refractivity (Wildman–Crippen MR) is 124 cm³/mol. The Morgan fingerprint density at radius 3 is 2.69 bits per heavy atom. The molecule has 1 atom stereocenters. The van der Waals surface area contributed by atoms with Gasteiger partial charge in [0.25, 0.3) is 11.1 Å². The molecule has 0 bridgehead atoms. The average Bonchev–Trinajstić information content (AvgIpc) is 3.30. The largest absolute Gasteiger partial charge is 0.497 e. The van der Waals surface area contributed by atoms with E-state index in [4.69, 9.17) is 13.9 Å². The highest BCUT2D eigenvalue weighted by atomic mass is 32.2. The third-order valence-corrected chi connectivity index (χ3v) is 5.86. The van der Waals surface area contributed by atoms with Crippen molar-refractivity contribution in [2.45, 2.75) is 18.2 Å². The highest BCUT2D eigenvalue weighted by Gasteiger charge is 2.17. The fourth-order valence-electron chi connectivity index (χ4n) is 3.47. The Labute approximate surface area is 190 Å². The number of amides is 1. The third-order valence-electron chi connectivity index (χ3n) is 5.04. The van der Waals surface area contributed by atoms with Crippen LogP contribution in [0, 0.1) is 0 Å². The zero-order chi connectivity index (χ0) is 22.5. The second kappa shape index (κ2) is 9.74. The fourth-order valence-corrected chi connectivity index (χ4v) is 4.04. The van der Waals surface area contributed by atoms with Crippen molar-refractivity contribution in [1.82, 2.24) is 15.5 Å². The van der Waals surface area contributed by atoms with Gasteiger partial charge in [-0.05, 0) is 35.4 Å². The molecule has 3 aromatic carbocycles. The van der Waals surface area contributed by atoms with Crippen LogP contribution in [0.3, 0.4) is 0 Å². The van der Waals surface area contributed by atoms with Crippen LogP contribution in [0.15, 0.2) is 70.3 Å². The van der Waals surface area contributed by atoms with E-state index in [9.17, 15) is 4.79 Å². The Bertz CT molecular complexity index is 1240. The number of nitrogens with zero attached hydrogens (tertiary/aromatic N) is 2. The van der Waals surface area contributed by atoms with E-state index in [0.29, 0.717) is 28.2 Å². The lowest BCUT2D eigenvalue weighted by Gasteiger charge is -2.16. The number of aromatic nitrogens is 2. The van der Waals surface area contributed by atoms with Gasteiger partial charge in [0, 0.05) is 6.07 Å². The Hall–Kier alpha value is -3.52. The topological polar surface area (TPSA) is 86.5 Å². The molecule has 0 aliphatic rings. The molecule has 0 saturated heterocycles. The molecule has 0 aliphatic carbocycles. The summed E-state index contributed by atoms with van der Waals surface area (Å²) in [5.41, 5.74) is 1.73. The molecule has 0 radical (unpaired) electrons. The first-order chi connectivity index (χ1) is 15.6. The Morgan fingerprint density at radius 2 is 1.88 bits per heavy atom. The van der Waals surface area contributed by atoms with Crippen molar-refractivity contribution in [3.63, 3.8) is 0 Å². The molecule has 7 nitrogen and oxygen atoms in total. The summed E-state index contributed by atoms with van der Waals surface area (Å²) in [6.45, 7) is 1.98. The maximum absolute atomic E-state index is 12.5. The quantitative estimate of drug-likeness (QED) is 0.384. The maximum atomic E-state index is 12.5. The van der Waals surface area contributed by atoms with Gasteiger partial charge in [-0.1, -0.05) is 54.2 Å². The number of carbonyl (C=O) groups is 1. The van der Waals surface area contributed by atoms with Gasteiger partial charge in [0.1, 0.15) is 11.5 Å². The first-order valence-corrected chi connectivity index (χ1v) is 11.0. The average molecular weight is 450 g/mol. The van der Waals surface area contributed by atoms with E-state index in [1.54, 1.807) is 32.4 Å². The molecule has 1 amide bonds. The molecule has 4 aromatic rings. The summed E-state index contributed by atoms with van der Waals surface area (Å²) in [5.74, 6) is 1.59. The molecule has 1 heterocycles. The van der Waals surface area contributed by atoms with E-state index in [-0.39, 0.29) is 17.7 Å². The molecule has 32 heavy (non-hydrogen) atoms. The predicted octanol–water partition coefficient (Wildman–Crippen LogP) is 4.88. The van der Waals surface area contributed by atoms with Gasteiger partial charge in [-0.3, -0.25) is 4.79 Å².